The van der Waals surface area contributed by atoms with Crippen LogP contribution in [0.4, 0.5) is 0 Å². The molecule has 0 aliphatic carbocycles. The summed E-state index contributed by atoms with van der Waals surface area (Å²) in [4.78, 5) is 23.9. The van der Waals surface area contributed by atoms with Gasteiger partial charge in [-0.1, -0.05) is 40.2 Å². The van der Waals surface area contributed by atoms with Crippen molar-refractivity contribution in [3.63, 3.8) is 0 Å². The normalized spacial score (nSPS) is 15.6. The molecule has 3 rings (SSSR count). The van der Waals surface area contributed by atoms with E-state index in [2.05, 4.69) is 27.6 Å². The van der Waals surface area contributed by atoms with E-state index in [-0.39, 0.29) is 5.91 Å². The second-order valence-electron chi connectivity index (χ2n) is 6.17. The van der Waals surface area contributed by atoms with Crippen LogP contribution in [0.1, 0.15) is 36.8 Å². The van der Waals surface area contributed by atoms with E-state index in [1.54, 1.807) is 12.1 Å². The molecule has 0 fully saturated rings. The standard InChI is InChI=1S/C21H19BrN2O4/c1-4-7-15-8-6-11-18(19(15)27-14(3)26)21-24(13(2)25)23-20(28-21)16-9-5-10-17(22)12-16/h4-6,8-12,21H,1,7H2,2-3H3/t21-/m1/s1. The lowest BCUT2D eigenvalue weighted by molar-refractivity contribution is -0.135. The number of hydrogen-bond donors (Lipinski definition) is 0. The van der Waals surface area contributed by atoms with Gasteiger partial charge in [0.2, 0.25) is 18.0 Å². The molecule has 144 valence electrons. The minimum Gasteiger partial charge on any atom is -0.446 e. The van der Waals surface area contributed by atoms with Crippen molar-refractivity contribution in [3.05, 3.63) is 76.3 Å². The molecule has 1 amide bonds. The molecule has 0 saturated carbocycles. The molecule has 0 aromatic heterocycles. The topological polar surface area (TPSA) is 68.2 Å². The van der Waals surface area contributed by atoms with E-state index in [0.717, 1.165) is 15.6 Å². The molecule has 1 heterocycles. The van der Waals surface area contributed by atoms with Crippen LogP contribution in [0.15, 0.2) is 64.7 Å². The first-order chi connectivity index (χ1) is 13.4. The first-order valence-electron chi connectivity index (χ1n) is 8.62. The van der Waals surface area contributed by atoms with Crippen LogP contribution in [0.2, 0.25) is 0 Å². The monoisotopic (exact) mass is 442 g/mol. The van der Waals surface area contributed by atoms with Crippen molar-refractivity contribution in [2.45, 2.75) is 26.5 Å². The lowest BCUT2D eigenvalue weighted by Crippen LogP contribution is -2.26. The highest BCUT2D eigenvalue weighted by atomic mass is 79.9. The van der Waals surface area contributed by atoms with Crippen LogP contribution in [-0.4, -0.2) is 22.8 Å². The first-order valence-corrected chi connectivity index (χ1v) is 9.42. The summed E-state index contributed by atoms with van der Waals surface area (Å²) < 4.78 is 12.4. The molecule has 1 atom stereocenters. The Bertz CT molecular complexity index is 971. The number of rotatable bonds is 5. The lowest BCUT2D eigenvalue weighted by Gasteiger charge is -2.22. The number of allylic oxidation sites excluding steroid dienone is 1. The third kappa shape index (κ3) is 4.14. The van der Waals surface area contributed by atoms with Gasteiger partial charge >= 0.3 is 5.97 Å². The molecule has 0 unspecified atom stereocenters. The third-order valence-corrected chi connectivity index (χ3v) is 4.53. The van der Waals surface area contributed by atoms with E-state index >= 15 is 0 Å². The SMILES string of the molecule is C=CCc1cccc([C@H]2OC(c3cccc(Br)c3)=NN2C(C)=O)c1OC(C)=O. The van der Waals surface area contributed by atoms with Gasteiger partial charge in [-0.25, -0.2) is 0 Å². The molecule has 0 N–H and O–H groups in total. The molecule has 0 bridgehead atoms. The highest BCUT2D eigenvalue weighted by Crippen LogP contribution is 2.38. The Hall–Kier alpha value is -2.93. The van der Waals surface area contributed by atoms with Crippen molar-refractivity contribution in [2.75, 3.05) is 0 Å². The number of carbonyl (C=O) groups excluding carboxylic acids is 2. The zero-order valence-corrected chi connectivity index (χ0v) is 17.1. The van der Waals surface area contributed by atoms with Gasteiger partial charge in [0.1, 0.15) is 5.75 Å². The van der Waals surface area contributed by atoms with Gasteiger partial charge in [0, 0.05) is 23.9 Å². The summed E-state index contributed by atoms with van der Waals surface area (Å²) in [6.07, 6.45) is 1.38. The summed E-state index contributed by atoms with van der Waals surface area (Å²) in [7, 11) is 0. The zero-order valence-electron chi connectivity index (χ0n) is 15.5. The quantitative estimate of drug-likeness (QED) is 0.392. The van der Waals surface area contributed by atoms with Gasteiger partial charge < -0.3 is 9.47 Å². The molecule has 6 nitrogen and oxygen atoms in total. The number of hydrazone groups is 1. The van der Waals surface area contributed by atoms with Crippen LogP contribution in [0, 0.1) is 0 Å². The summed E-state index contributed by atoms with van der Waals surface area (Å²) in [6, 6.07) is 12.8. The maximum atomic E-state index is 12.2. The minimum atomic E-state index is -0.842. The molecule has 7 heteroatoms. The van der Waals surface area contributed by atoms with Crippen LogP contribution >= 0.6 is 15.9 Å². The Morgan fingerprint density at radius 2 is 2.04 bits per heavy atom. The Labute approximate surface area is 171 Å². The molecule has 2 aromatic carbocycles. The predicted molar refractivity (Wildman–Crippen MR) is 109 cm³/mol. The van der Waals surface area contributed by atoms with Gasteiger partial charge in [-0.05, 0) is 36.2 Å². The maximum absolute atomic E-state index is 12.2. The average molecular weight is 443 g/mol. The zero-order chi connectivity index (χ0) is 20.3. The minimum absolute atomic E-state index is 0.294. The maximum Gasteiger partial charge on any atom is 0.308 e. The molecule has 0 radical (unpaired) electrons. The fourth-order valence-electron chi connectivity index (χ4n) is 2.89. The molecular formula is C21H19BrN2O4. The number of esters is 1. The van der Waals surface area contributed by atoms with Gasteiger partial charge in [0.05, 0.1) is 5.56 Å². The Morgan fingerprint density at radius 3 is 2.68 bits per heavy atom. The number of ether oxygens (including phenoxy) is 2. The predicted octanol–water partition coefficient (Wildman–Crippen LogP) is 4.34. The van der Waals surface area contributed by atoms with Crippen molar-refractivity contribution in [2.24, 2.45) is 5.10 Å². The van der Waals surface area contributed by atoms with Crippen LogP contribution in [0.3, 0.4) is 0 Å². The number of nitrogens with zero attached hydrogens (tertiary/aromatic N) is 2. The van der Waals surface area contributed by atoms with E-state index in [1.165, 1.54) is 18.9 Å². The largest absolute Gasteiger partial charge is 0.446 e. The molecule has 2 aromatic rings. The number of halogens is 1. The summed E-state index contributed by atoms with van der Waals surface area (Å²) in [5.41, 5.74) is 2.03. The Morgan fingerprint density at radius 1 is 1.29 bits per heavy atom. The number of benzene rings is 2. The molecule has 28 heavy (non-hydrogen) atoms. The Kier molecular flexibility index (Phi) is 5.94. The summed E-state index contributed by atoms with van der Waals surface area (Å²) >= 11 is 3.42. The summed E-state index contributed by atoms with van der Waals surface area (Å²) in [6.45, 7) is 6.48. The van der Waals surface area contributed by atoms with E-state index in [4.69, 9.17) is 9.47 Å². The van der Waals surface area contributed by atoms with Crippen molar-refractivity contribution in [1.29, 1.82) is 0 Å². The molecular weight excluding hydrogens is 424 g/mol. The van der Waals surface area contributed by atoms with Gasteiger partial charge in [0.15, 0.2) is 0 Å². The first kappa shape index (κ1) is 19.8. The summed E-state index contributed by atoms with van der Waals surface area (Å²) in [5, 5.41) is 5.60. The summed E-state index contributed by atoms with van der Waals surface area (Å²) in [5.74, 6) is -0.0857. The number of para-hydroxylation sites is 1. The van der Waals surface area contributed by atoms with E-state index in [1.807, 2.05) is 36.4 Å². The van der Waals surface area contributed by atoms with E-state index < -0.39 is 12.2 Å². The highest BCUT2D eigenvalue weighted by Gasteiger charge is 2.36. The van der Waals surface area contributed by atoms with Gasteiger partial charge in [0.25, 0.3) is 0 Å². The molecule has 1 aliphatic rings. The number of amides is 1. The van der Waals surface area contributed by atoms with Crippen LogP contribution < -0.4 is 4.74 Å². The lowest BCUT2D eigenvalue weighted by atomic mass is 10.0. The average Bonchev–Trinajstić information content (AvgIpc) is 3.08. The van der Waals surface area contributed by atoms with Crippen molar-refractivity contribution < 1.29 is 19.1 Å². The van der Waals surface area contributed by atoms with Crippen molar-refractivity contribution >= 4 is 33.7 Å². The van der Waals surface area contributed by atoms with E-state index in [9.17, 15) is 9.59 Å². The molecule has 1 aliphatic heterocycles. The number of hydrogen-bond acceptors (Lipinski definition) is 5. The second-order valence-corrected chi connectivity index (χ2v) is 7.09. The Balaban J connectivity index is 2.05. The van der Waals surface area contributed by atoms with Crippen LogP contribution in [0.25, 0.3) is 0 Å². The van der Waals surface area contributed by atoms with Crippen LogP contribution in [-0.2, 0) is 20.7 Å². The van der Waals surface area contributed by atoms with Gasteiger partial charge in [-0.3, -0.25) is 9.59 Å². The molecule has 0 spiro atoms. The highest BCUT2D eigenvalue weighted by molar-refractivity contribution is 9.10. The second kappa shape index (κ2) is 8.39. The smallest absolute Gasteiger partial charge is 0.308 e. The fourth-order valence-corrected chi connectivity index (χ4v) is 3.29. The fraction of sp³-hybridized carbons (Fsp3) is 0.190. The van der Waals surface area contributed by atoms with Crippen LogP contribution in [0.5, 0.6) is 5.75 Å². The van der Waals surface area contributed by atoms with Crippen molar-refractivity contribution in [3.8, 4) is 5.75 Å². The van der Waals surface area contributed by atoms with Gasteiger partial charge in [-0.2, -0.15) is 5.01 Å². The molecule has 0 saturated heterocycles. The van der Waals surface area contributed by atoms with Crippen molar-refractivity contribution in [1.82, 2.24) is 5.01 Å². The van der Waals surface area contributed by atoms with E-state index in [0.29, 0.717) is 23.6 Å². The van der Waals surface area contributed by atoms with Gasteiger partial charge in [-0.15, -0.1) is 11.7 Å². The third-order valence-electron chi connectivity index (χ3n) is 4.04. The number of carbonyl (C=O) groups is 2.